The second-order valence-corrected chi connectivity index (χ2v) is 5.61. The third kappa shape index (κ3) is 2.39. The summed E-state index contributed by atoms with van der Waals surface area (Å²) in [7, 11) is 0. The normalized spacial score (nSPS) is 11.8. The zero-order valence-electron chi connectivity index (χ0n) is 9.79. The number of hydrogen-bond donors (Lipinski definition) is 0. The fourth-order valence-corrected chi connectivity index (χ4v) is 1.84. The number of rotatable bonds is 1. The number of nitrogens with zero attached hydrogens (tertiary/aromatic N) is 2. The Kier molecular flexibility index (Phi) is 3.03. The van der Waals surface area contributed by atoms with Crippen LogP contribution in [0.25, 0.3) is 11.5 Å². The van der Waals surface area contributed by atoms with Crippen LogP contribution in [0.4, 0.5) is 4.39 Å². The summed E-state index contributed by atoms with van der Waals surface area (Å²) in [5.41, 5.74) is 0.0543. The number of benzene rings is 1. The smallest absolute Gasteiger partial charge is 0.251 e. The van der Waals surface area contributed by atoms with E-state index >= 15 is 0 Å². The lowest BCUT2D eigenvalue weighted by molar-refractivity contribution is 0.398. The third-order valence-electron chi connectivity index (χ3n) is 2.24. The first kappa shape index (κ1) is 12.2. The lowest BCUT2D eigenvalue weighted by Gasteiger charge is -2.11. The number of hydrogen-bond acceptors (Lipinski definition) is 3. The minimum Gasteiger partial charge on any atom is -0.420 e. The Labute approximate surface area is 107 Å². The van der Waals surface area contributed by atoms with Crippen LogP contribution < -0.4 is 0 Å². The molecule has 3 nitrogen and oxygen atoms in total. The van der Waals surface area contributed by atoms with Crippen molar-refractivity contribution >= 4 is 15.9 Å². The van der Waals surface area contributed by atoms with Gasteiger partial charge in [0.2, 0.25) is 5.89 Å². The summed E-state index contributed by atoms with van der Waals surface area (Å²) < 4.78 is 19.8. The molecule has 90 valence electrons. The first-order valence-corrected chi connectivity index (χ1v) is 5.97. The molecule has 0 amide bonds. The Hall–Kier alpha value is -1.23. The van der Waals surface area contributed by atoms with Crippen LogP contribution in [0.2, 0.25) is 0 Å². The van der Waals surface area contributed by atoms with Gasteiger partial charge in [0.25, 0.3) is 5.89 Å². The molecule has 0 radical (unpaired) electrons. The molecule has 2 rings (SSSR count). The van der Waals surface area contributed by atoms with Crippen molar-refractivity contribution in [2.45, 2.75) is 26.2 Å². The van der Waals surface area contributed by atoms with Gasteiger partial charge in [-0.1, -0.05) is 26.8 Å². The van der Waals surface area contributed by atoms with Gasteiger partial charge in [-0.15, -0.1) is 10.2 Å². The van der Waals surface area contributed by atoms with E-state index in [1.54, 1.807) is 12.1 Å². The molecule has 0 aliphatic rings. The summed E-state index contributed by atoms with van der Waals surface area (Å²) in [4.78, 5) is 0. The maximum atomic E-state index is 13.7. The molecule has 1 aromatic heterocycles. The molecule has 0 saturated carbocycles. The Morgan fingerprint density at radius 1 is 1.24 bits per heavy atom. The minimum atomic E-state index is -0.386. The van der Waals surface area contributed by atoms with E-state index in [4.69, 9.17) is 4.42 Å². The summed E-state index contributed by atoms with van der Waals surface area (Å²) in [6, 6.07) is 4.71. The molecule has 0 atom stereocenters. The molecule has 1 aromatic carbocycles. The maximum Gasteiger partial charge on any atom is 0.251 e. The Morgan fingerprint density at radius 2 is 1.94 bits per heavy atom. The first-order valence-electron chi connectivity index (χ1n) is 5.18. The van der Waals surface area contributed by atoms with E-state index in [-0.39, 0.29) is 17.1 Å². The molecule has 0 spiro atoms. The fraction of sp³-hybridized carbons (Fsp3) is 0.333. The van der Waals surface area contributed by atoms with Crippen molar-refractivity contribution in [1.82, 2.24) is 10.2 Å². The highest BCUT2D eigenvalue weighted by molar-refractivity contribution is 9.10. The van der Waals surface area contributed by atoms with Gasteiger partial charge in [0, 0.05) is 9.89 Å². The molecule has 17 heavy (non-hydrogen) atoms. The summed E-state index contributed by atoms with van der Waals surface area (Å²) in [6.45, 7) is 5.88. The zero-order valence-corrected chi connectivity index (χ0v) is 11.4. The number of aromatic nitrogens is 2. The summed E-state index contributed by atoms with van der Waals surface area (Å²) >= 11 is 3.28. The predicted octanol–water partition coefficient (Wildman–Crippen LogP) is 3.94. The molecular formula is C12H12BrFN2O. The van der Waals surface area contributed by atoms with E-state index in [2.05, 4.69) is 26.1 Å². The lowest BCUT2D eigenvalue weighted by atomic mass is 9.97. The van der Waals surface area contributed by atoms with Crippen molar-refractivity contribution in [3.63, 3.8) is 0 Å². The highest BCUT2D eigenvalue weighted by Crippen LogP contribution is 2.31. The van der Waals surface area contributed by atoms with Crippen molar-refractivity contribution in [2.24, 2.45) is 0 Å². The van der Waals surface area contributed by atoms with Gasteiger partial charge in [-0.3, -0.25) is 0 Å². The van der Waals surface area contributed by atoms with Crippen molar-refractivity contribution in [3.05, 3.63) is 34.4 Å². The second kappa shape index (κ2) is 4.22. The highest BCUT2D eigenvalue weighted by atomic mass is 79.9. The van der Waals surface area contributed by atoms with E-state index in [0.29, 0.717) is 15.9 Å². The van der Waals surface area contributed by atoms with Crippen molar-refractivity contribution in [3.8, 4) is 11.5 Å². The van der Waals surface area contributed by atoms with Gasteiger partial charge < -0.3 is 4.42 Å². The molecule has 0 unspecified atom stereocenters. The third-order valence-corrected chi connectivity index (χ3v) is 2.90. The van der Waals surface area contributed by atoms with Gasteiger partial charge in [0.05, 0.1) is 5.56 Å². The Bertz CT molecular complexity index is 525. The summed E-state index contributed by atoms with van der Waals surface area (Å²) in [5.74, 6) is 0.297. The van der Waals surface area contributed by atoms with Crippen LogP contribution in [-0.4, -0.2) is 10.2 Å². The topological polar surface area (TPSA) is 38.9 Å². The maximum absolute atomic E-state index is 13.7. The van der Waals surface area contributed by atoms with Gasteiger partial charge in [-0.05, 0) is 28.1 Å². The van der Waals surface area contributed by atoms with Crippen molar-refractivity contribution < 1.29 is 8.81 Å². The predicted molar refractivity (Wildman–Crippen MR) is 66.1 cm³/mol. The molecule has 1 heterocycles. The molecule has 0 aliphatic heterocycles. The SMILES string of the molecule is CC(C)(C)c1nnc(-c2c(F)cccc2Br)o1. The zero-order chi connectivity index (χ0) is 12.6. The van der Waals surface area contributed by atoms with Gasteiger partial charge in [-0.2, -0.15) is 0 Å². The average Bonchev–Trinajstić information content (AvgIpc) is 2.65. The van der Waals surface area contributed by atoms with E-state index in [1.807, 2.05) is 20.8 Å². The average molecular weight is 299 g/mol. The van der Waals surface area contributed by atoms with E-state index in [0.717, 1.165) is 0 Å². The van der Waals surface area contributed by atoms with Gasteiger partial charge >= 0.3 is 0 Å². The van der Waals surface area contributed by atoms with E-state index < -0.39 is 0 Å². The van der Waals surface area contributed by atoms with Crippen molar-refractivity contribution in [1.29, 1.82) is 0 Å². The Balaban J connectivity index is 2.51. The van der Waals surface area contributed by atoms with Crippen LogP contribution in [0.5, 0.6) is 0 Å². The lowest BCUT2D eigenvalue weighted by Crippen LogP contribution is -2.11. The standard InChI is InChI=1S/C12H12BrFN2O/c1-12(2,3)11-16-15-10(17-11)9-7(13)5-4-6-8(9)14/h4-6H,1-3H3. The first-order chi connectivity index (χ1) is 7.89. The molecule has 0 fully saturated rings. The molecular weight excluding hydrogens is 287 g/mol. The van der Waals surface area contributed by atoms with E-state index in [1.165, 1.54) is 6.07 Å². The highest BCUT2D eigenvalue weighted by Gasteiger charge is 2.23. The summed E-state index contributed by atoms with van der Waals surface area (Å²) in [5, 5.41) is 7.83. The summed E-state index contributed by atoms with van der Waals surface area (Å²) in [6.07, 6.45) is 0. The molecule has 0 aliphatic carbocycles. The molecule has 0 saturated heterocycles. The second-order valence-electron chi connectivity index (χ2n) is 4.76. The quantitative estimate of drug-likeness (QED) is 0.800. The molecule has 0 bridgehead atoms. The Morgan fingerprint density at radius 3 is 2.47 bits per heavy atom. The van der Waals surface area contributed by atoms with Crippen LogP contribution in [0.15, 0.2) is 27.1 Å². The van der Waals surface area contributed by atoms with Crippen LogP contribution in [0.1, 0.15) is 26.7 Å². The van der Waals surface area contributed by atoms with E-state index in [9.17, 15) is 4.39 Å². The molecule has 0 N–H and O–H groups in total. The molecule has 5 heteroatoms. The van der Waals surface area contributed by atoms with Crippen LogP contribution >= 0.6 is 15.9 Å². The minimum absolute atomic E-state index is 0.194. The number of halogens is 2. The van der Waals surface area contributed by atoms with Crippen LogP contribution in [0, 0.1) is 5.82 Å². The van der Waals surface area contributed by atoms with Gasteiger partial charge in [0.15, 0.2) is 0 Å². The van der Waals surface area contributed by atoms with Crippen molar-refractivity contribution in [2.75, 3.05) is 0 Å². The van der Waals surface area contributed by atoms with Gasteiger partial charge in [-0.25, -0.2) is 4.39 Å². The van der Waals surface area contributed by atoms with Crippen LogP contribution in [0.3, 0.4) is 0 Å². The van der Waals surface area contributed by atoms with Crippen LogP contribution in [-0.2, 0) is 5.41 Å². The largest absolute Gasteiger partial charge is 0.420 e. The monoisotopic (exact) mass is 298 g/mol. The molecule has 2 aromatic rings. The van der Waals surface area contributed by atoms with Gasteiger partial charge in [0.1, 0.15) is 5.82 Å². The fourth-order valence-electron chi connectivity index (χ4n) is 1.33.